The van der Waals surface area contributed by atoms with E-state index in [1.165, 1.54) is 6.04 Å². The maximum Gasteiger partial charge on any atom is 0.187 e. The van der Waals surface area contributed by atoms with Crippen LogP contribution < -0.4 is 0 Å². The van der Waals surface area contributed by atoms with Gasteiger partial charge >= 0.3 is 0 Å². The van der Waals surface area contributed by atoms with E-state index >= 15 is 0 Å². The Morgan fingerprint density at radius 2 is 2.13 bits per heavy atom. The molecule has 0 amide bonds. The fourth-order valence-electron chi connectivity index (χ4n) is 1.91. The van der Waals surface area contributed by atoms with Crippen LogP contribution in [0.3, 0.4) is 0 Å². The van der Waals surface area contributed by atoms with Crippen molar-refractivity contribution in [2.75, 3.05) is 26.4 Å². The standard InChI is InChI=1S/C11H24O3Si/c1-5-14-15(3,4)9-10(2)6-12-7-11-8-13-11/h10-11H,5-9H2,1-4H3. The van der Waals surface area contributed by atoms with Gasteiger partial charge in [-0.3, -0.25) is 0 Å². The molecule has 1 heterocycles. The van der Waals surface area contributed by atoms with Gasteiger partial charge in [-0.25, -0.2) is 0 Å². The molecule has 0 aromatic rings. The molecule has 1 aliphatic heterocycles. The molecule has 0 aromatic heterocycles. The predicted molar refractivity (Wildman–Crippen MR) is 63.6 cm³/mol. The van der Waals surface area contributed by atoms with E-state index in [-0.39, 0.29) is 0 Å². The molecule has 0 radical (unpaired) electrons. The Kier molecular flexibility index (Phi) is 5.25. The van der Waals surface area contributed by atoms with E-state index < -0.39 is 8.32 Å². The molecule has 90 valence electrons. The lowest BCUT2D eigenvalue weighted by Gasteiger charge is -2.25. The van der Waals surface area contributed by atoms with Gasteiger partial charge in [0.2, 0.25) is 0 Å². The lowest BCUT2D eigenvalue weighted by molar-refractivity contribution is 0.0936. The molecule has 1 aliphatic rings. The number of hydrogen-bond donors (Lipinski definition) is 0. The Morgan fingerprint density at radius 3 is 2.67 bits per heavy atom. The lowest BCUT2D eigenvalue weighted by Crippen LogP contribution is -2.33. The van der Waals surface area contributed by atoms with Crippen molar-refractivity contribution in [2.45, 2.75) is 39.1 Å². The number of rotatable bonds is 8. The van der Waals surface area contributed by atoms with Gasteiger partial charge in [-0.1, -0.05) is 6.92 Å². The maximum atomic E-state index is 5.80. The summed E-state index contributed by atoms with van der Waals surface area (Å²) in [6, 6.07) is 1.17. The van der Waals surface area contributed by atoms with E-state index in [4.69, 9.17) is 13.9 Å². The van der Waals surface area contributed by atoms with Gasteiger partial charge in [-0.15, -0.1) is 0 Å². The van der Waals surface area contributed by atoms with Crippen LogP contribution in [0.25, 0.3) is 0 Å². The average Bonchev–Trinajstić information content (AvgIpc) is 2.86. The molecule has 3 nitrogen and oxygen atoms in total. The quantitative estimate of drug-likeness (QED) is 0.475. The summed E-state index contributed by atoms with van der Waals surface area (Å²) < 4.78 is 16.5. The van der Waals surface area contributed by atoms with E-state index in [1.54, 1.807) is 0 Å². The van der Waals surface area contributed by atoms with Crippen LogP contribution >= 0.6 is 0 Å². The first kappa shape index (κ1) is 13.2. The van der Waals surface area contributed by atoms with Gasteiger partial charge in [0.05, 0.1) is 13.2 Å². The van der Waals surface area contributed by atoms with E-state index in [0.29, 0.717) is 12.0 Å². The van der Waals surface area contributed by atoms with E-state index in [1.807, 2.05) is 0 Å². The van der Waals surface area contributed by atoms with Crippen LogP contribution in [0, 0.1) is 5.92 Å². The maximum absolute atomic E-state index is 5.80. The highest BCUT2D eigenvalue weighted by atomic mass is 28.4. The Bertz CT molecular complexity index is 181. The van der Waals surface area contributed by atoms with E-state index in [9.17, 15) is 0 Å². The second-order valence-electron chi connectivity index (χ2n) is 4.99. The topological polar surface area (TPSA) is 31.0 Å². The molecule has 1 saturated heterocycles. The van der Waals surface area contributed by atoms with E-state index in [0.717, 1.165) is 26.4 Å². The van der Waals surface area contributed by atoms with Gasteiger partial charge in [-0.05, 0) is 32.0 Å². The van der Waals surface area contributed by atoms with Crippen LogP contribution in [0.2, 0.25) is 19.1 Å². The summed E-state index contributed by atoms with van der Waals surface area (Å²) in [6.45, 7) is 12.2. The number of hydrogen-bond acceptors (Lipinski definition) is 3. The normalized spacial score (nSPS) is 22.8. The highest BCUT2D eigenvalue weighted by Gasteiger charge is 2.26. The largest absolute Gasteiger partial charge is 0.418 e. The summed E-state index contributed by atoms with van der Waals surface area (Å²) in [5.41, 5.74) is 0. The van der Waals surface area contributed by atoms with Gasteiger partial charge in [0, 0.05) is 13.2 Å². The van der Waals surface area contributed by atoms with Crippen LogP contribution in [-0.4, -0.2) is 40.8 Å². The first-order valence-electron chi connectivity index (χ1n) is 5.87. The van der Waals surface area contributed by atoms with Crippen molar-refractivity contribution in [2.24, 2.45) is 5.92 Å². The van der Waals surface area contributed by atoms with Gasteiger partial charge in [-0.2, -0.15) is 0 Å². The van der Waals surface area contributed by atoms with Crippen molar-refractivity contribution in [3.05, 3.63) is 0 Å². The number of ether oxygens (including phenoxy) is 2. The first-order chi connectivity index (χ1) is 7.03. The summed E-state index contributed by atoms with van der Waals surface area (Å²) in [5.74, 6) is 0.594. The zero-order chi connectivity index (χ0) is 11.3. The Hall–Kier alpha value is 0.0969. The van der Waals surface area contributed by atoms with Crippen molar-refractivity contribution in [3.63, 3.8) is 0 Å². The molecule has 0 N–H and O–H groups in total. The summed E-state index contributed by atoms with van der Waals surface area (Å²) in [7, 11) is -1.44. The molecule has 0 saturated carbocycles. The zero-order valence-corrected chi connectivity index (χ0v) is 11.4. The van der Waals surface area contributed by atoms with Crippen molar-refractivity contribution >= 4 is 8.32 Å². The third kappa shape index (κ3) is 6.30. The van der Waals surface area contributed by atoms with Crippen molar-refractivity contribution < 1.29 is 13.9 Å². The molecule has 0 aliphatic carbocycles. The highest BCUT2D eigenvalue weighted by molar-refractivity contribution is 6.71. The van der Waals surface area contributed by atoms with Crippen LogP contribution in [0.15, 0.2) is 0 Å². The average molecular weight is 232 g/mol. The Morgan fingerprint density at radius 1 is 1.47 bits per heavy atom. The first-order valence-corrected chi connectivity index (χ1v) is 8.98. The highest BCUT2D eigenvalue weighted by Crippen LogP contribution is 2.19. The van der Waals surface area contributed by atoms with Crippen molar-refractivity contribution in [1.82, 2.24) is 0 Å². The molecule has 2 atom stereocenters. The Labute approximate surface area is 94.2 Å². The third-order valence-electron chi connectivity index (χ3n) is 2.48. The summed E-state index contributed by atoms with van der Waals surface area (Å²) in [4.78, 5) is 0. The fraction of sp³-hybridized carbons (Fsp3) is 1.00. The fourth-order valence-corrected chi connectivity index (χ4v) is 4.61. The van der Waals surface area contributed by atoms with Crippen LogP contribution in [0.5, 0.6) is 0 Å². The summed E-state index contributed by atoms with van der Waals surface area (Å²) in [5, 5.41) is 0. The smallest absolute Gasteiger partial charge is 0.187 e. The van der Waals surface area contributed by atoms with Gasteiger partial charge in [0.15, 0.2) is 8.32 Å². The van der Waals surface area contributed by atoms with Crippen LogP contribution in [0.4, 0.5) is 0 Å². The predicted octanol–water partition coefficient (Wildman–Crippen LogP) is 2.28. The molecule has 1 rings (SSSR count). The van der Waals surface area contributed by atoms with Gasteiger partial charge < -0.3 is 13.9 Å². The SMILES string of the molecule is CCO[Si](C)(C)CC(C)COCC1CO1. The molecule has 4 heteroatoms. The molecule has 0 aromatic carbocycles. The minimum atomic E-state index is -1.44. The minimum Gasteiger partial charge on any atom is -0.418 e. The summed E-state index contributed by atoms with van der Waals surface area (Å²) >= 11 is 0. The second kappa shape index (κ2) is 5.99. The minimum absolute atomic E-state index is 0.384. The summed E-state index contributed by atoms with van der Waals surface area (Å²) in [6.07, 6.45) is 0.384. The molecule has 1 fully saturated rings. The molecular formula is C11H24O3Si. The van der Waals surface area contributed by atoms with Crippen LogP contribution in [0.1, 0.15) is 13.8 Å². The molecule has 0 bridgehead atoms. The van der Waals surface area contributed by atoms with Crippen molar-refractivity contribution in [3.8, 4) is 0 Å². The third-order valence-corrected chi connectivity index (χ3v) is 5.23. The molecule has 2 unspecified atom stereocenters. The molecular weight excluding hydrogens is 208 g/mol. The monoisotopic (exact) mass is 232 g/mol. The van der Waals surface area contributed by atoms with Crippen LogP contribution in [-0.2, 0) is 13.9 Å². The number of epoxide rings is 1. The van der Waals surface area contributed by atoms with Gasteiger partial charge in [0.1, 0.15) is 6.10 Å². The molecule has 15 heavy (non-hydrogen) atoms. The lowest BCUT2D eigenvalue weighted by atomic mass is 10.2. The molecule has 0 spiro atoms. The van der Waals surface area contributed by atoms with Crippen molar-refractivity contribution in [1.29, 1.82) is 0 Å². The van der Waals surface area contributed by atoms with E-state index in [2.05, 4.69) is 26.9 Å². The Balaban J connectivity index is 2.07. The van der Waals surface area contributed by atoms with Gasteiger partial charge in [0.25, 0.3) is 0 Å². The second-order valence-corrected chi connectivity index (χ2v) is 9.21. The zero-order valence-electron chi connectivity index (χ0n) is 10.4.